The van der Waals surface area contributed by atoms with Crippen LogP contribution >= 0.6 is 12.4 Å². The largest absolute Gasteiger partial charge is 0.339 e. The van der Waals surface area contributed by atoms with Crippen molar-refractivity contribution in [1.29, 1.82) is 0 Å². The van der Waals surface area contributed by atoms with Crippen LogP contribution in [0.15, 0.2) is 47.0 Å². The second kappa shape index (κ2) is 7.77. The number of hydrogen-bond acceptors (Lipinski definition) is 4. The molecule has 0 saturated heterocycles. The fraction of sp³-hybridized carbons (Fsp3) is 0.429. The Labute approximate surface area is 160 Å². The summed E-state index contributed by atoms with van der Waals surface area (Å²) in [5, 5.41) is 10.5. The zero-order chi connectivity index (χ0) is 17.4. The monoisotopic (exact) mass is 371 g/mol. The average molecular weight is 372 g/mol. The van der Waals surface area contributed by atoms with Gasteiger partial charge in [0.25, 0.3) is 0 Å². The van der Waals surface area contributed by atoms with Gasteiger partial charge in [-0.3, -0.25) is 0 Å². The van der Waals surface area contributed by atoms with Gasteiger partial charge in [-0.25, -0.2) is 0 Å². The molecule has 0 aliphatic heterocycles. The van der Waals surface area contributed by atoms with Crippen molar-refractivity contribution in [2.24, 2.45) is 0 Å². The number of fused-ring (bicyclic) bond motifs is 1. The van der Waals surface area contributed by atoms with Gasteiger partial charge in [0.15, 0.2) is 5.82 Å². The molecular formula is C21H26ClN3O. The fourth-order valence-corrected chi connectivity index (χ4v) is 3.67. The lowest BCUT2D eigenvalue weighted by molar-refractivity contribution is 0.222. The Balaban J connectivity index is 0.00000196. The molecule has 138 valence electrons. The van der Waals surface area contributed by atoms with Gasteiger partial charge >= 0.3 is 0 Å². The number of aromatic nitrogens is 2. The summed E-state index contributed by atoms with van der Waals surface area (Å²) in [4.78, 5) is 4.54. The summed E-state index contributed by atoms with van der Waals surface area (Å²) in [7, 11) is 0. The van der Waals surface area contributed by atoms with Crippen LogP contribution in [0.2, 0.25) is 0 Å². The number of hydrogen-bond donors (Lipinski definition) is 1. The first-order valence-corrected chi connectivity index (χ1v) is 9.19. The lowest BCUT2D eigenvalue weighted by atomic mass is 9.79. The molecule has 0 amide bonds. The first kappa shape index (κ1) is 18.9. The Bertz CT molecular complexity index is 865. The summed E-state index contributed by atoms with van der Waals surface area (Å²) in [6.45, 7) is 6.43. The van der Waals surface area contributed by atoms with Gasteiger partial charge in [-0.05, 0) is 36.1 Å². The van der Waals surface area contributed by atoms with E-state index in [1.54, 1.807) is 0 Å². The molecule has 1 N–H and O–H groups in total. The van der Waals surface area contributed by atoms with E-state index in [0.717, 1.165) is 24.6 Å². The minimum absolute atomic E-state index is 0. The molecule has 1 aliphatic carbocycles. The molecule has 4 nitrogen and oxygen atoms in total. The van der Waals surface area contributed by atoms with Crippen molar-refractivity contribution in [2.75, 3.05) is 0 Å². The van der Waals surface area contributed by atoms with Gasteiger partial charge in [-0.15, -0.1) is 12.4 Å². The molecule has 26 heavy (non-hydrogen) atoms. The number of nitrogens with zero attached hydrogens (tertiary/aromatic N) is 2. The molecule has 1 aromatic heterocycles. The van der Waals surface area contributed by atoms with Gasteiger partial charge in [-0.1, -0.05) is 61.5 Å². The molecule has 1 fully saturated rings. The molecule has 0 bridgehead atoms. The second-order valence-corrected chi connectivity index (χ2v) is 7.47. The van der Waals surface area contributed by atoms with E-state index in [0.29, 0.717) is 23.9 Å². The predicted molar refractivity (Wildman–Crippen MR) is 107 cm³/mol. The van der Waals surface area contributed by atoms with Gasteiger partial charge in [0.1, 0.15) is 0 Å². The average Bonchev–Trinajstić information content (AvgIpc) is 3.06. The summed E-state index contributed by atoms with van der Waals surface area (Å²) in [6.07, 6.45) is 2.13. The normalized spacial score (nSPS) is 20.6. The molecule has 1 heterocycles. The van der Waals surface area contributed by atoms with Crippen molar-refractivity contribution in [1.82, 2.24) is 15.5 Å². The third kappa shape index (κ3) is 3.62. The molecule has 0 spiro atoms. The maximum atomic E-state index is 5.44. The number of benzene rings is 2. The zero-order valence-electron chi connectivity index (χ0n) is 15.5. The van der Waals surface area contributed by atoms with Gasteiger partial charge in [-0.2, -0.15) is 4.98 Å². The first-order valence-electron chi connectivity index (χ1n) is 9.19. The van der Waals surface area contributed by atoms with Crippen LogP contribution in [0.1, 0.15) is 68.8 Å². The van der Waals surface area contributed by atoms with Crippen molar-refractivity contribution < 1.29 is 4.52 Å². The van der Waals surface area contributed by atoms with Gasteiger partial charge in [0, 0.05) is 23.9 Å². The molecule has 1 saturated carbocycles. The smallest absolute Gasteiger partial charge is 0.229 e. The van der Waals surface area contributed by atoms with Crippen molar-refractivity contribution in [3.63, 3.8) is 0 Å². The van der Waals surface area contributed by atoms with E-state index >= 15 is 0 Å². The standard InChI is InChI=1S/C21H25N3O.ClH/c1-13(2)20-23-21(25-24-20)16-11-17(12-16)22-14(3)18-10-6-8-15-7-4-5-9-19(15)18;/h4-10,13-14,16-17,22H,11-12H2,1-3H3;1H/t14-,16?,17?;/m1./s1. The summed E-state index contributed by atoms with van der Waals surface area (Å²) in [6, 6.07) is 16.0. The fourth-order valence-electron chi connectivity index (χ4n) is 3.67. The molecule has 1 aliphatic rings. The van der Waals surface area contributed by atoms with Crippen LogP contribution in [0.5, 0.6) is 0 Å². The first-order chi connectivity index (χ1) is 12.1. The molecule has 5 heteroatoms. The Morgan fingerprint density at radius 2 is 1.77 bits per heavy atom. The number of nitrogens with one attached hydrogen (secondary N) is 1. The molecule has 3 aromatic rings. The lowest BCUT2D eigenvalue weighted by Gasteiger charge is -2.36. The van der Waals surface area contributed by atoms with E-state index in [1.807, 2.05) is 0 Å². The summed E-state index contributed by atoms with van der Waals surface area (Å²) < 4.78 is 5.44. The number of halogens is 1. The van der Waals surface area contributed by atoms with Crippen LogP contribution < -0.4 is 5.32 Å². The SMILES string of the molecule is CC(C)c1noc(C2CC(N[C@H](C)c3cccc4ccccc34)C2)n1.Cl. The molecule has 4 rings (SSSR count). The summed E-state index contributed by atoms with van der Waals surface area (Å²) in [5.41, 5.74) is 1.36. The van der Waals surface area contributed by atoms with Gasteiger partial charge < -0.3 is 9.84 Å². The van der Waals surface area contributed by atoms with Crippen LogP contribution in [-0.2, 0) is 0 Å². The Morgan fingerprint density at radius 3 is 2.50 bits per heavy atom. The maximum Gasteiger partial charge on any atom is 0.229 e. The Hall–Kier alpha value is -1.91. The summed E-state index contributed by atoms with van der Waals surface area (Å²) >= 11 is 0. The van der Waals surface area contributed by atoms with Gasteiger partial charge in [0.05, 0.1) is 0 Å². The highest BCUT2D eigenvalue weighted by atomic mass is 35.5. The predicted octanol–water partition coefficient (Wildman–Crippen LogP) is 5.36. The second-order valence-electron chi connectivity index (χ2n) is 7.47. The van der Waals surface area contributed by atoms with E-state index in [4.69, 9.17) is 4.52 Å². The highest BCUT2D eigenvalue weighted by Gasteiger charge is 2.35. The van der Waals surface area contributed by atoms with Gasteiger partial charge in [0.2, 0.25) is 5.89 Å². The third-order valence-corrected chi connectivity index (χ3v) is 5.24. The zero-order valence-corrected chi connectivity index (χ0v) is 16.3. The van der Waals surface area contributed by atoms with Crippen molar-refractivity contribution >= 4 is 23.2 Å². The van der Waals surface area contributed by atoms with E-state index < -0.39 is 0 Å². The van der Waals surface area contributed by atoms with Crippen molar-refractivity contribution in [2.45, 2.75) is 57.5 Å². The topological polar surface area (TPSA) is 51.0 Å². The van der Waals surface area contributed by atoms with Crippen LogP contribution in [0, 0.1) is 0 Å². The lowest BCUT2D eigenvalue weighted by Crippen LogP contribution is -2.41. The number of rotatable bonds is 5. The van der Waals surface area contributed by atoms with Crippen LogP contribution in [-0.4, -0.2) is 16.2 Å². The molecule has 0 radical (unpaired) electrons. The molecule has 0 unspecified atom stereocenters. The third-order valence-electron chi connectivity index (χ3n) is 5.24. The highest BCUT2D eigenvalue weighted by molar-refractivity contribution is 5.86. The van der Waals surface area contributed by atoms with E-state index in [9.17, 15) is 0 Å². The van der Waals surface area contributed by atoms with Crippen LogP contribution in [0.25, 0.3) is 10.8 Å². The van der Waals surface area contributed by atoms with Crippen LogP contribution in [0.4, 0.5) is 0 Å². The molecule has 1 atom stereocenters. The minimum atomic E-state index is 0. The van der Waals surface area contributed by atoms with Crippen LogP contribution in [0.3, 0.4) is 0 Å². The van der Waals surface area contributed by atoms with Crippen molar-refractivity contribution in [3.8, 4) is 0 Å². The van der Waals surface area contributed by atoms with E-state index in [-0.39, 0.29) is 12.4 Å². The van der Waals surface area contributed by atoms with E-state index in [1.165, 1.54) is 16.3 Å². The summed E-state index contributed by atoms with van der Waals surface area (Å²) in [5.74, 6) is 2.34. The quantitative estimate of drug-likeness (QED) is 0.655. The Kier molecular flexibility index (Phi) is 5.64. The molecule has 2 aromatic carbocycles. The van der Waals surface area contributed by atoms with E-state index in [2.05, 4.69) is 78.7 Å². The highest BCUT2D eigenvalue weighted by Crippen LogP contribution is 2.38. The van der Waals surface area contributed by atoms with Crippen molar-refractivity contribution in [3.05, 3.63) is 59.7 Å². The maximum absolute atomic E-state index is 5.44. The Morgan fingerprint density at radius 1 is 1.04 bits per heavy atom. The molecular weight excluding hydrogens is 346 g/mol. The minimum Gasteiger partial charge on any atom is -0.339 e.